The van der Waals surface area contributed by atoms with Gasteiger partial charge in [0.1, 0.15) is 17.6 Å². The van der Waals surface area contributed by atoms with E-state index < -0.39 is 11.9 Å². The van der Waals surface area contributed by atoms with E-state index in [1.54, 1.807) is 37.4 Å². The number of ether oxygens (including phenoxy) is 1. The summed E-state index contributed by atoms with van der Waals surface area (Å²) in [5.74, 6) is -0.342. The zero-order chi connectivity index (χ0) is 17.8. The van der Waals surface area contributed by atoms with E-state index >= 15 is 0 Å². The van der Waals surface area contributed by atoms with E-state index in [4.69, 9.17) is 4.74 Å². The molecule has 0 aliphatic carbocycles. The van der Waals surface area contributed by atoms with Gasteiger partial charge in [0, 0.05) is 17.8 Å². The van der Waals surface area contributed by atoms with Crippen LogP contribution in [0.25, 0.3) is 0 Å². The standard InChI is InChI=1S/C19H19FN2O3/c1-25-16-9-7-15(8-10-16)21-18(23)17-6-3-11-22(17)19(24)13-4-2-5-14(20)12-13/h2,4-5,7-10,12,17H,3,6,11H2,1H3,(H,21,23)/t17-/m0/s1. The molecule has 1 fully saturated rings. The maximum atomic E-state index is 13.4. The van der Waals surface area contributed by atoms with Crippen molar-refractivity contribution in [3.05, 3.63) is 59.9 Å². The average Bonchev–Trinajstić information content (AvgIpc) is 3.11. The van der Waals surface area contributed by atoms with Crippen LogP contribution in [0.4, 0.5) is 10.1 Å². The van der Waals surface area contributed by atoms with Crippen LogP contribution in [0.5, 0.6) is 5.75 Å². The number of anilines is 1. The molecule has 0 saturated carbocycles. The number of hydrogen-bond donors (Lipinski definition) is 1. The van der Waals surface area contributed by atoms with Crippen molar-refractivity contribution in [1.82, 2.24) is 4.90 Å². The number of nitrogens with one attached hydrogen (secondary N) is 1. The molecular formula is C19H19FN2O3. The van der Waals surface area contributed by atoms with E-state index in [0.717, 1.165) is 6.42 Å². The molecule has 0 radical (unpaired) electrons. The Balaban J connectivity index is 1.71. The van der Waals surface area contributed by atoms with E-state index in [9.17, 15) is 14.0 Å². The molecule has 0 bridgehead atoms. The topological polar surface area (TPSA) is 58.6 Å². The molecule has 2 aromatic carbocycles. The van der Waals surface area contributed by atoms with Crippen LogP contribution in [0.15, 0.2) is 48.5 Å². The number of carbonyl (C=O) groups is 2. The largest absolute Gasteiger partial charge is 0.497 e. The lowest BCUT2D eigenvalue weighted by molar-refractivity contribution is -0.119. The number of carbonyl (C=O) groups excluding carboxylic acids is 2. The average molecular weight is 342 g/mol. The normalized spacial score (nSPS) is 16.6. The lowest BCUT2D eigenvalue weighted by Crippen LogP contribution is -2.43. The minimum atomic E-state index is -0.558. The molecule has 5 nitrogen and oxygen atoms in total. The summed E-state index contributed by atoms with van der Waals surface area (Å²) in [5.41, 5.74) is 0.889. The zero-order valence-corrected chi connectivity index (χ0v) is 13.9. The van der Waals surface area contributed by atoms with E-state index in [0.29, 0.717) is 24.4 Å². The lowest BCUT2D eigenvalue weighted by atomic mass is 10.1. The summed E-state index contributed by atoms with van der Waals surface area (Å²) in [5, 5.41) is 2.82. The van der Waals surface area contributed by atoms with Gasteiger partial charge in [-0.3, -0.25) is 9.59 Å². The molecule has 25 heavy (non-hydrogen) atoms. The fourth-order valence-corrected chi connectivity index (χ4v) is 2.97. The van der Waals surface area contributed by atoms with Gasteiger partial charge in [-0.1, -0.05) is 6.07 Å². The molecule has 3 rings (SSSR count). The maximum absolute atomic E-state index is 13.4. The van der Waals surface area contributed by atoms with Crippen molar-refractivity contribution in [2.75, 3.05) is 19.0 Å². The first-order valence-corrected chi connectivity index (χ1v) is 8.10. The molecule has 2 amide bonds. The van der Waals surface area contributed by atoms with E-state index in [1.807, 2.05) is 0 Å². The van der Waals surface area contributed by atoms with Crippen LogP contribution < -0.4 is 10.1 Å². The second-order valence-electron chi connectivity index (χ2n) is 5.88. The molecule has 1 atom stereocenters. The third kappa shape index (κ3) is 3.79. The van der Waals surface area contributed by atoms with Gasteiger partial charge in [0.15, 0.2) is 0 Å². The molecule has 1 N–H and O–H groups in total. The zero-order valence-electron chi connectivity index (χ0n) is 13.9. The van der Waals surface area contributed by atoms with Gasteiger partial charge in [-0.15, -0.1) is 0 Å². The number of hydrogen-bond acceptors (Lipinski definition) is 3. The summed E-state index contributed by atoms with van der Waals surface area (Å²) in [6.07, 6.45) is 1.32. The Kier molecular flexibility index (Phi) is 4.97. The van der Waals surface area contributed by atoms with Crippen molar-refractivity contribution in [3.63, 3.8) is 0 Å². The van der Waals surface area contributed by atoms with Crippen LogP contribution in [0.1, 0.15) is 23.2 Å². The molecule has 6 heteroatoms. The second kappa shape index (κ2) is 7.34. The Morgan fingerprint density at radius 3 is 2.64 bits per heavy atom. The molecule has 1 saturated heterocycles. The predicted octanol–water partition coefficient (Wildman–Crippen LogP) is 3.08. The molecule has 0 unspecified atom stereocenters. The van der Waals surface area contributed by atoms with Gasteiger partial charge in [-0.05, 0) is 55.3 Å². The highest BCUT2D eigenvalue weighted by Gasteiger charge is 2.34. The minimum absolute atomic E-state index is 0.243. The third-order valence-electron chi connectivity index (χ3n) is 4.25. The van der Waals surface area contributed by atoms with Crippen molar-refractivity contribution < 1.29 is 18.7 Å². The number of amides is 2. The van der Waals surface area contributed by atoms with Gasteiger partial charge in [0.2, 0.25) is 5.91 Å². The van der Waals surface area contributed by atoms with Crippen molar-refractivity contribution in [2.24, 2.45) is 0 Å². The monoisotopic (exact) mass is 342 g/mol. The van der Waals surface area contributed by atoms with E-state index in [2.05, 4.69) is 5.32 Å². The molecular weight excluding hydrogens is 323 g/mol. The third-order valence-corrected chi connectivity index (χ3v) is 4.25. The van der Waals surface area contributed by atoms with Crippen LogP contribution in [0.3, 0.4) is 0 Å². The van der Waals surface area contributed by atoms with Crippen LogP contribution >= 0.6 is 0 Å². The second-order valence-corrected chi connectivity index (χ2v) is 5.88. The smallest absolute Gasteiger partial charge is 0.254 e. The molecule has 2 aromatic rings. The van der Waals surface area contributed by atoms with Crippen molar-refractivity contribution in [3.8, 4) is 5.75 Å². The Morgan fingerprint density at radius 1 is 1.20 bits per heavy atom. The Labute approximate surface area is 145 Å². The van der Waals surface area contributed by atoms with Gasteiger partial charge in [-0.25, -0.2) is 4.39 Å². The molecule has 0 aromatic heterocycles. The van der Waals surface area contributed by atoms with Gasteiger partial charge in [0.05, 0.1) is 7.11 Å². The van der Waals surface area contributed by atoms with E-state index in [1.165, 1.54) is 23.1 Å². The van der Waals surface area contributed by atoms with Crippen molar-refractivity contribution >= 4 is 17.5 Å². The minimum Gasteiger partial charge on any atom is -0.497 e. The maximum Gasteiger partial charge on any atom is 0.254 e. The summed E-state index contributed by atoms with van der Waals surface area (Å²) in [6.45, 7) is 0.482. The Hall–Kier alpha value is -2.89. The first-order chi connectivity index (χ1) is 12.1. The summed E-state index contributed by atoms with van der Waals surface area (Å²) in [7, 11) is 1.57. The number of likely N-dealkylation sites (tertiary alicyclic amines) is 1. The van der Waals surface area contributed by atoms with Crippen LogP contribution in [0, 0.1) is 5.82 Å². The lowest BCUT2D eigenvalue weighted by Gasteiger charge is -2.24. The van der Waals surface area contributed by atoms with Crippen molar-refractivity contribution in [1.29, 1.82) is 0 Å². The molecule has 1 heterocycles. The SMILES string of the molecule is COc1ccc(NC(=O)[C@@H]2CCCN2C(=O)c2cccc(F)c2)cc1. The first kappa shape index (κ1) is 17.0. The highest BCUT2D eigenvalue weighted by atomic mass is 19.1. The van der Waals surface area contributed by atoms with E-state index in [-0.39, 0.29) is 17.4 Å². The van der Waals surface area contributed by atoms with Gasteiger partial charge < -0.3 is 15.0 Å². The number of halogens is 1. The number of nitrogens with zero attached hydrogens (tertiary/aromatic N) is 1. The van der Waals surface area contributed by atoms with Crippen molar-refractivity contribution in [2.45, 2.75) is 18.9 Å². The van der Waals surface area contributed by atoms with Crippen LogP contribution in [0.2, 0.25) is 0 Å². The van der Waals surface area contributed by atoms with Gasteiger partial charge in [-0.2, -0.15) is 0 Å². The highest BCUT2D eigenvalue weighted by molar-refractivity contribution is 6.01. The Morgan fingerprint density at radius 2 is 1.96 bits per heavy atom. The summed E-state index contributed by atoms with van der Waals surface area (Å²) >= 11 is 0. The Bertz CT molecular complexity index is 776. The summed E-state index contributed by atoms with van der Waals surface area (Å²) in [6, 6.07) is 12.0. The predicted molar refractivity (Wildman–Crippen MR) is 92.1 cm³/mol. The number of benzene rings is 2. The summed E-state index contributed by atoms with van der Waals surface area (Å²) in [4.78, 5) is 26.7. The summed E-state index contributed by atoms with van der Waals surface area (Å²) < 4.78 is 18.4. The van der Waals surface area contributed by atoms with Crippen LogP contribution in [-0.2, 0) is 4.79 Å². The van der Waals surface area contributed by atoms with Gasteiger partial charge >= 0.3 is 0 Å². The molecule has 130 valence electrons. The number of rotatable bonds is 4. The van der Waals surface area contributed by atoms with Crippen LogP contribution in [-0.4, -0.2) is 36.4 Å². The molecule has 1 aliphatic rings. The quantitative estimate of drug-likeness (QED) is 0.929. The highest BCUT2D eigenvalue weighted by Crippen LogP contribution is 2.23. The fraction of sp³-hybridized carbons (Fsp3) is 0.263. The van der Waals surface area contributed by atoms with Gasteiger partial charge in [0.25, 0.3) is 5.91 Å². The fourth-order valence-electron chi connectivity index (χ4n) is 2.97. The first-order valence-electron chi connectivity index (χ1n) is 8.10. The number of methoxy groups -OCH3 is 1. The molecule has 0 spiro atoms. The molecule has 1 aliphatic heterocycles.